The van der Waals surface area contributed by atoms with Gasteiger partial charge in [0.2, 0.25) is 16.9 Å². The van der Waals surface area contributed by atoms with E-state index < -0.39 is 0 Å². The lowest BCUT2D eigenvalue weighted by Gasteiger charge is -2.15. The number of carbonyl (C=O) groups is 2. The third-order valence-electron chi connectivity index (χ3n) is 2.92. The maximum absolute atomic E-state index is 11.8. The van der Waals surface area contributed by atoms with Gasteiger partial charge in [-0.2, -0.15) is 0 Å². The summed E-state index contributed by atoms with van der Waals surface area (Å²) in [6.45, 7) is 7.36. The quantitative estimate of drug-likeness (QED) is 0.470. The largest absolute Gasteiger partial charge is 0.352 e. The van der Waals surface area contributed by atoms with Crippen LogP contribution in [0.15, 0.2) is 17.0 Å². The molecule has 21 heavy (non-hydrogen) atoms. The van der Waals surface area contributed by atoms with Gasteiger partial charge in [0, 0.05) is 19.5 Å². The fraction of sp³-hybridized carbons (Fsp3) is 0.538. The molecule has 1 N–H and O–H groups in total. The number of hydrogen-bond donors (Lipinski definition) is 1. The molecule has 1 heterocycles. The third kappa shape index (κ3) is 4.28. The molecule has 1 fully saturated rings. The highest BCUT2D eigenvalue weighted by molar-refractivity contribution is 8.02. The molecular formula is C13H18N4O2S2. The van der Waals surface area contributed by atoms with Crippen molar-refractivity contribution in [2.45, 2.75) is 42.3 Å². The molecule has 1 saturated carbocycles. The zero-order valence-electron chi connectivity index (χ0n) is 12.0. The van der Waals surface area contributed by atoms with Crippen molar-refractivity contribution >= 4 is 40.0 Å². The Bertz CT molecular complexity index is 542. The molecule has 0 saturated heterocycles. The molecule has 2 rings (SSSR count). The molecular weight excluding hydrogens is 308 g/mol. The molecule has 8 heteroatoms. The minimum atomic E-state index is -0.266. The normalized spacial score (nSPS) is 15.3. The van der Waals surface area contributed by atoms with Crippen LogP contribution in [-0.4, -0.2) is 39.8 Å². The topological polar surface area (TPSA) is 75.2 Å². The van der Waals surface area contributed by atoms with Gasteiger partial charge in [-0.25, -0.2) is 0 Å². The molecule has 1 aromatic rings. The van der Waals surface area contributed by atoms with Gasteiger partial charge in [-0.1, -0.05) is 29.2 Å². The average molecular weight is 326 g/mol. The van der Waals surface area contributed by atoms with Crippen LogP contribution in [0, 0.1) is 0 Å². The second kappa shape index (κ2) is 7.04. The van der Waals surface area contributed by atoms with Crippen LogP contribution in [0.25, 0.3) is 0 Å². The number of anilines is 1. The Morgan fingerprint density at radius 2 is 2.29 bits per heavy atom. The lowest BCUT2D eigenvalue weighted by Crippen LogP contribution is -2.30. The predicted octanol–water partition coefficient (Wildman–Crippen LogP) is 1.84. The lowest BCUT2D eigenvalue weighted by atomic mass is 10.4. The first-order valence-electron chi connectivity index (χ1n) is 6.71. The molecule has 1 aromatic heterocycles. The van der Waals surface area contributed by atoms with Crippen molar-refractivity contribution in [3.05, 3.63) is 12.7 Å². The number of aromatic nitrogens is 2. The molecule has 2 amide bonds. The zero-order chi connectivity index (χ0) is 15.4. The van der Waals surface area contributed by atoms with Crippen LogP contribution in [0.5, 0.6) is 0 Å². The molecule has 1 atom stereocenters. The van der Waals surface area contributed by atoms with Crippen LogP contribution in [0.1, 0.15) is 26.7 Å². The third-order valence-corrected chi connectivity index (χ3v) is 5.03. The van der Waals surface area contributed by atoms with Crippen LogP contribution in [0.2, 0.25) is 0 Å². The average Bonchev–Trinajstić information content (AvgIpc) is 3.16. The molecule has 0 aromatic carbocycles. The van der Waals surface area contributed by atoms with Gasteiger partial charge in [0.25, 0.3) is 0 Å². The van der Waals surface area contributed by atoms with E-state index in [1.54, 1.807) is 11.0 Å². The number of amides is 2. The van der Waals surface area contributed by atoms with Crippen LogP contribution in [-0.2, 0) is 9.59 Å². The van der Waals surface area contributed by atoms with E-state index in [0.29, 0.717) is 16.0 Å². The molecule has 6 nitrogen and oxygen atoms in total. The van der Waals surface area contributed by atoms with Gasteiger partial charge < -0.3 is 5.32 Å². The van der Waals surface area contributed by atoms with E-state index in [1.165, 1.54) is 30.0 Å². The van der Waals surface area contributed by atoms with E-state index in [0.717, 1.165) is 12.8 Å². The highest BCUT2D eigenvalue weighted by atomic mass is 32.2. The van der Waals surface area contributed by atoms with Crippen molar-refractivity contribution in [1.82, 2.24) is 15.5 Å². The molecule has 0 radical (unpaired) electrons. The van der Waals surface area contributed by atoms with E-state index >= 15 is 0 Å². The highest BCUT2D eigenvalue weighted by Gasteiger charge is 2.34. The van der Waals surface area contributed by atoms with Gasteiger partial charge in [-0.15, -0.1) is 16.8 Å². The zero-order valence-corrected chi connectivity index (χ0v) is 13.7. The Labute approximate surface area is 132 Å². The fourth-order valence-electron chi connectivity index (χ4n) is 1.75. The van der Waals surface area contributed by atoms with Crippen molar-refractivity contribution in [2.24, 2.45) is 0 Å². The maximum Gasteiger partial charge on any atom is 0.233 e. The van der Waals surface area contributed by atoms with Gasteiger partial charge in [-0.3, -0.25) is 14.5 Å². The van der Waals surface area contributed by atoms with E-state index in [9.17, 15) is 9.59 Å². The van der Waals surface area contributed by atoms with Crippen LogP contribution < -0.4 is 10.2 Å². The van der Waals surface area contributed by atoms with Gasteiger partial charge in [0.05, 0.1) is 5.25 Å². The predicted molar refractivity (Wildman–Crippen MR) is 84.6 cm³/mol. The van der Waals surface area contributed by atoms with Gasteiger partial charge >= 0.3 is 0 Å². The Hall–Kier alpha value is -1.41. The summed E-state index contributed by atoms with van der Waals surface area (Å²) in [7, 11) is 0. The van der Waals surface area contributed by atoms with Gasteiger partial charge in [0.1, 0.15) is 0 Å². The summed E-state index contributed by atoms with van der Waals surface area (Å²) in [6.07, 6.45) is 3.67. The summed E-state index contributed by atoms with van der Waals surface area (Å²) in [6, 6.07) is 0.265. The minimum Gasteiger partial charge on any atom is -0.352 e. The second-order valence-corrected chi connectivity index (χ2v) is 7.31. The first-order valence-corrected chi connectivity index (χ1v) is 8.41. The first kappa shape index (κ1) is 16.0. The number of hydrogen-bond acceptors (Lipinski definition) is 6. The van der Waals surface area contributed by atoms with Crippen molar-refractivity contribution in [3.8, 4) is 0 Å². The monoisotopic (exact) mass is 326 g/mol. The summed E-state index contributed by atoms with van der Waals surface area (Å²) in [5.74, 6) is -0.0794. The molecule has 0 spiro atoms. The van der Waals surface area contributed by atoms with Crippen LogP contribution in [0.3, 0.4) is 0 Å². The molecule has 1 aliphatic rings. The van der Waals surface area contributed by atoms with E-state index in [1.807, 2.05) is 6.92 Å². The SMILES string of the molecule is C=CCNC(=O)C(C)Sc1nnc(N(C(C)=O)C2CC2)s1. The van der Waals surface area contributed by atoms with Gasteiger partial charge in [0.15, 0.2) is 4.34 Å². The Morgan fingerprint density at radius 3 is 2.86 bits per heavy atom. The molecule has 114 valence electrons. The fourth-order valence-corrected chi connectivity index (χ4v) is 3.87. The number of rotatable bonds is 7. The molecule has 1 unspecified atom stereocenters. The van der Waals surface area contributed by atoms with Crippen LogP contribution >= 0.6 is 23.1 Å². The van der Waals surface area contributed by atoms with Crippen molar-refractivity contribution in [2.75, 3.05) is 11.4 Å². The molecule has 0 bridgehead atoms. The number of nitrogens with zero attached hydrogens (tertiary/aromatic N) is 3. The van der Waals surface area contributed by atoms with Gasteiger partial charge in [-0.05, 0) is 19.8 Å². The summed E-state index contributed by atoms with van der Waals surface area (Å²) >= 11 is 2.70. The first-order chi connectivity index (χ1) is 10.0. The Morgan fingerprint density at radius 1 is 1.57 bits per heavy atom. The number of thioether (sulfide) groups is 1. The maximum atomic E-state index is 11.8. The van der Waals surface area contributed by atoms with Crippen molar-refractivity contribution in [3.63, 3.8) is 0 Å². The van der Waals surface area contributed by atoms with E-state index in [2.05, 4.69) is 22.1 Å². The Kier molecular flexibility index (Phi) is 5.35. The molecule has 0 aliphatic heterocycles. The summed E-state index contributed by atoms with van der Waals surface area (Å²) in [5.41, 5.74) is 0. The Balaban J connectivity index is 1.97. The second-order valence-electron chi connectivity index (χ2n) is 4.76. The minimum absolute atomic E-state index is 0.0121. The van der Waals surface area contributed by atoms with Crippen molar-refractivity contribution < 1.29 is 9.59 Å². The highest BCUT2D eigenvalue weighted by Crippen LogP contribution is 2.36. The standard InChI is InChI=1S/C13H18N4O2S2/c1-4-7-14-11(19)8(2)20-13-16-15-12(21-13)17(9(3)18)10-5-6-10/h4,8,10H,1,5-7H2,2-3H3,(H,14,19). The van der Waals surface area contributed by atoms with E-state index in [-0.39, 0.29) is 23.1 Å². The number of carbonyl (C=O) groups excluding carboxylic acids is 2. The number of nitrogens with one attached hydrogen (secondary N) is 1. The lowest BCUT2D eigenvalue weighted by molar-refractivity contribution is -0.120. The van der Waals surface area contributed by atoms with E-state index in [4.69, 9.17) is 0 Å². The van der Waals surface area contributed by atoms with Crippen molar-refractivity contribution in [1.29, 1.82) is 0 Å². The summed E-state index contributed by atoms with van der Waals surface area (Å²) in [4.78, 5) is 25.2. The summed E-state index contributed by atoms with van der Waals surface area (Å²) in [5, 5.41) is 11.2. The molecule has 1 aliphatic carbocycles. The summed E-state index contributed by atoms with van der Waals surface area (Å²) < 4.78 is 0.693. The van der Waals surface area contributed by atoms with Crippen LogP contribution in [0.4, 0.5) is 5.13 Å². The smallest absolute Gasteiger partial charge is 0.233 e.